The molecule has 1 amide bonds. The van der Waals surface area contributed by atoms with E-state index >= 15 is 0 Å². The molecule has 6 heteroatoms. The van der Waals surface area contributed by atoms with Crippen LogP contribution < -0.4 is 0 Å². The predicted molar refractivity (Wildman–Crippen MR) is 105 cm³/mol. The molecule has 0 bridgehead atoms. The monoisotopic (exact) mass is 367 g/mol. The minimum absolute atomic E-state index is 0.0475. The minimum atomic E-state index is 0.0475. The fraction of sp³-hybridized carbons (Fsp3) is 0.524. The number of benzene rings is 1. The Morgan fingerprint density at radius 2 is 1.85 bits per heavy atom. The van der Waals surface area contributed by atoms with Gasteiger partial charge in [-0.25, -0.2) is 4.98 Å². The Morgan fingerprint density at radius 3 is 2.56 bits per heavy atom. The molecule has 0 aliphatic carbocycles. The average molecular weight is 367 g/mol. The summed E-state index contributed by atoms with van der Waals surface area (Å²) in [7, 11) is 2.03. The Labute approximate surface area is 161 Å². The first-order valence-corrected chi connectivity index (χ1v) is 9.96. The first-order valence-electron chi connectivity index (χ1n) is 9.96. The number of carbonyl (C=O) groups excluding carboxylic acids is 1. The number of imidazole rings is 1. The van der Waals surface area contributed by atoms with Crippen LogP contribution in [-0.4, -0.2) is 68.9 Å². The molecule has 2 aromatic rings. The number of hydrogen-bond donors (Lipinski definition) is 0. The number of piperazine rings is 1. The van der Waals surface area contributed by atoms with Crippen molar-refractivity contribution in [3.8, 4) is 0 Å². The van der Waals surface area contributed by atoms with E-state index in [2.05, 4.69) is 48.5 Å². The molecule has 0 saturated carbocycles. The summed E-state index contributed by atoms with van der Waals surface area (Å²) in [5, 5.41) is 0. The predicted octanol–water partition coefficient (Wildman–Crippen LogP) is 1.73. The number of carbonyl (C=O) groups is 1. The van der Waals surface area contributed by atoms with E-state index in [-0.39, 0.29) is 6.04 Å². The molecule has 2 fully saturated rings. The summed E-state index contributed by atoms with van der Waals surface area (Å²) in [6.45, 7) is 6.22. The van der Waals surface area contributed by atoms with E-state index in [0.717, 1.165) is 64.5 Å². The lowest BCUT2D eigenvalue weighted by atomic mass is 10.1. The van der Waals surface area contributed by atoms with Crippen LogP contribution in [-0.2, 0) is 24.9 Å². The number of aryl methyl sites for hydroxylation is 1. The van der Waals surface area contributed by atoms with Crippen LogP contribution in [0.15, 0.2) is 42.7 Å². The molecule has 2 saturated heterocycles. The number of nitrogens with zero attached hydrogens (tertiary/aromatic N) is 5. The first-order chi connectivity index (χ1) is 13.2. The standard InChI is InChI=1S/C21H29N5O/c1-23-11-9-22-20(23)17-24-12-14-25(15-13-24)21(27)19-8-5-10-26(19)16-18-6-3-2-4-7-18/h2-4,6-7,9,11,19H,5,8,10,12-17H2,1H3/t19-/m0/s1. The Balaban J connectivity index is 1.31. The van der Waals surface area contributed by atoms with Crippen molar-refractivity contribution in [1.82, 2.24) is 24.3 Å². The van der Waals surface area contributed by atoms with Crippen LogP contribution in [0.25, 0.3) is 0 Å². The molecule has 2 aliphatic rings. The van der Waals surface area contributed by atoms with Gasteiger partial charge in [0.15, 0.2) is 0 Å². The minimum Gasteiger partial charge on any atom is -0.339 e. The second kappa shape index (κ2) is 8.23. The summed E-state index contributed by atoms with van der Waals surface area (Å²) in [5.41, 5.74) is 1.29. The lowest BCUT2D eigenvalue weighted by Crippen LogP contribution is -2.53. The van der Waals surface area contributed by atoms with Crippen molar-refractivity contribution in [2.45, 2.75) is 32.0 Å². The normalized spacial score (nSPS) is 21.7. The van der Waals surface area contributed by atoms with Gasteiger partial charge in [0.05, 0.1) is 12.6 Å². The van der Waals surface area contributed by atoms with Gasteiger partial charge in [-0.3, -0.25) is 14.6 Å². The molecule has 1 aromatic carbocycles. The average Bonchev–Trinajstić information content (AvgIpc) is 3.32. The zero-order valence-corrected chi connectivity index (χ0v) is 16.1. The van der Waals surface area contributed by atoms with Crippen LogP contribution in [0.1, 0.15) is 24.2 Å². The van der Waals surface area contributed by atoms with Gasteiger partial charge < -0.3 is 9.47 Å². The molecule has 144 valence electrons. The zero-order valence-electron chi connectivity index (χ0n) is 16.1. The Kier molecular flexibility index (Phi) is 5.55. The van der Waals surface area contributed by atoms with Crippen LogP contribution in [0.2, 0.25) is 0 Å². The SMILES string of the molecule is Cn1ccnc1CN1CCN(C(=O)[C@@H]2CCCN2Cc2ccccc2)CC1. The largest absolute Gasteiger partial charge is 0.339 e. The van der Waals surface area contributed by atoms with E-state index < -0.39 is 0 Å². The summed E-state index contributed by atoms with van der Waals surface area (Å²) in [4.78, 5) is 24.4. The zero-order chi connectivity index (χ0) is 18.6. The van der Waals surface area contributed by atoms with Gasteiger partial charge in [0, 0.05) is 52.2 Å². The molecule has 0 N–H and O–H groups in total. The fourth-order valence-electron chi connectivity index (χ4n) is 4.20. The molecule has 0 unspecified atom stereocenters. The third kappa shape index (κ3) is 4.22. The second-order valence-corrected chi connectivity index (χ2v) is 7.67. The summed E-state index contributed by atoms with van der Waals surface area (Å²) in [5.74, 6) is 1.40. The van der Waals surface area contributed by atoms with Gasteiger partial charge in [-0.15, -0.1) is 0 Å². The van der Waals surface area contributed by atoms with E-state index in [4.69, 9.17) is 0 Å². The number of likely N-dealkylation sites (tertiary alicyclic amines) is 1. The molecule has 1 atom stereocenters. The third-order valence-electron chi connectivity index (χ3n) is 5.85. The van der Waals surface area contributed by atoms with Gasteiger partial charge in [-0.1, -0.05) is 30.3 Å². The van der Waals surface area contributed by atoms with Crippen LogP contribution in [0.3, 0.4) is 0 Å². The van der Waals surface area contributed by atoms with E-state index in [9.17, 15) is 4.79 Å². The van der Waals surface area contributed by atoms with Crippen LogP contribution in [0, 0.1) is 0 Å². The van der Waals surface area contributed by atoms with Crippen molar-refractivity contribution in [3.05, 3.63) is 54.1 Å². The topological polar surface area (TPSA) is 44.6 Å². The molecule has 0 radical (unpaired) electrons. The number of aromatic nitrogens is 2. The smallest absolute Gasteiger partial charge is 0.240 e. The van der Waals surface area contributed by atoms with Crippen LogP contribution in [0.5, 0.6) is 0 Å². The maximum atomic E-state index is 13.1. The molecule has 4 rings (SSSR count). The highest BCUT2D eigenvalue weighted by Crippen LogP contribution is 2.22. The highest BCUT2D eigenvalue weighted by molar-refractivity contribution is 5.82. The summed E-state index contributed by atoms with van der Waals surface area (Å²) in [6.07, 6.45) is 5.93. The van der Waals surface area contributed by atoms with Gasteiger partial charge in [-0.05, 0) is 24.9 Å². The summed E-state index contributed by atoms with van der Waals surface area (Å²) in [6, 6.07) is 10.5. The maximum Gasteiger partial charge on any atom is 0.240 e. The number of hydrogen-bond acceptors (Lipinski definition) is 4. The third-order valence-corrected chi connectivity index (χ3v) is 5.85. The van der Waals surface area contributed by atoms with Gasteiger partial charge in [0.2, 0.25) is 5.91 Å². The fourth-order valence-corrected chi connectivity index (χ4v) is 4.20. The lowest BCUT2D eigenvalue weighted by molar-refractivity contribution is -0.138. The molecular weight excluding hydrogens is 338 g/mol. The van der Waals surface area contributed by atoms with Crippen molar-refractivity contribution < 1.29 is 4.79 Å². The van der Waals surface area contributed by atoms with Gasteiger partial charge in [0.25, 0.3) is 0 Å². The Bertz CT molecular complexity index is 751. The highest BCUT2D eigenvalue weighted by Gasteiger charge is 2.34. The van der Waals surface area contributed by atoms with E-state index in [1.807, 2.05) is 25.5 Å². The highest BCUT2D eigenvalue weighted by atomic mass is 16.2. The Morgan fingerprint density at radius 1 is 1.07 bits per heavy atom. The van der Waals surface area contributed by atoms with Crippen molar-refractivity contribution in [1.29, 1.82) is 0 Å². The molecule has 2 aliphatic heterocycles. The molecule has 0 spiro atoms. The summed E-state index contributed by atoms with van der Waals surface area (Å²) >= 11 is 0. The molecule has 27 heavy (non-hydrogen) atoms. The molecule has 6 nitrogen and oxygen atoms in total. The second-order valence-electron chi connectivity index (χ2n) is 7.67. The lowest BCUT2D eigenvalue weighted by Gasteiger charge is -2.37. The number of rotatable bonds is 5. The first kappa shape index (κ1) is 18.2. The van der Waals surface area contributed by atoms with Crippen molar-refractivity contribution in [2.24, 2.45) is 7.05 Å². The Hall–Kier alpha value is -2.18. The maximum absolute atomic E-state index is 13.1. The van der Waals surface area contributed by atoms with Crippen LogP contribution in [0.4, 0.5) is 0 Å². The van der Waals surface area contributed by atoms with E-state index in [1.54, 1.807) is 0 Å². The quantitative estimate of drug-likeness (QED) is 0.807. The van der Waals surface area contributed by atoms with E-state index in [0.29, 0.717) is 5.91 Å². The van der Waals surface area contributed by atoms with Gasteiger partial charge in [0.1, 0.15) is 5.82 Å². The van der Waals surface area contributed by atoms with E-state index in [1.165, 1.54) is 5.56 Å². The van der Waals surface area contributed by atoms with Crippen molar-refractivity contribution >= 4 is 5.91 Å². The van der Waals surface area contributed by atoms with Gasteiger partial charge in [-0.2, -0.15) is 0 Å². The van der Waals surface area contributed by atoms with Crippen molar-refractivity contribution in [3.63, 3.8) is 0 Å². The molecular formula is C21H29N5O. The summed E-state index contributed by atoms with van der Waals surface area (Å²) < 4.78 is 2.07. The molecule has 1 aromatic heterocycles. The van der Waals surface area contributed by atoms with Gasteiger partial charge >= 0.3 is 0 Å². The van der Waals surface area contributed by atoms with Crippen molar-refractivity contribution in [2.75, 3.05) is 32.7 Å². The molecule has 3 heterocycles. The van der Waals surface area contributed by atoms with Crippen LogP contribution >= 0.6 is 0 Å². The number of amides is 1.